The van der Waals surface area contributed by atoms with E-state index in [1.807, 2.05) is 0 Å². The van der Waals surface area contributed by atoms with Crippen molar-refractivity contribution in [3.8, 4) is 0 Å². The lowest BCUT2D eigenvalue weighted by molar-refractivity contribution is 0.172. The molecule has 0 aliphatic carbocycles. The Bertz CT molecular complexity index is 161. The molecule has 0 saturated carbocycles. The lowest BCUT2D eigenvalue weighted by Gasteiger charge is -2.38. The second kappa shape index (κ2) is 5.28. The average Bonchev–Trinajstić information content (AvgIpc) is 1.97. The number of aliphatic hydroxyl groups is 1. The van der Waals surface area contributed by atoms with Crippen molar-refractivity contribution in [2.75, 3.05) is 6.61 Å². The molecule has 0 aromatic carbocycles. The molecule has 0 amide bonds. The minimum atomic E-state index is -1.60. The Morgan fingerprint density at radius 2 is 1.79 bits per heavy atom. The molecule has 0 bridgehead atoms. The average molecular weight is 218 g/mol. The Kier molecular flexibility index (Phi) is 5.34. The first-order chi connectivity index (χ1) is 6.20. The largest absolute Gasteiger partial charge is 0.414 e. The van der Waals surface area contributed by atoms with E-state index in [4.69, 9.17) is 9.53 Å². The van der Waals surface area contributed by atoms with E-state index in [0.717, 1.165) is 12.8 Å². The molecule has 1 atom stereocenters. The van der Waals surface area contributed by atoms with Gasteiger partial charge in [0.1, 0.15) is 0 Å². The number of aliphatic hydroxyl groups excluding tert-OH is 1. The standard InChI is InChI=1S/C11H26O2Si/c1-10(8-7-9-12)13-14(5,6)11(2,3)4/h10,12H,7-9H2,1-6H3/t10-/m1/s1. The molecular weight excluding hydrogens is 192 g/mol. The van der Waals surface area contributed by atoms with Crippen LogP contribution < -0.4 is 0 Å². The van der Waals surface area contributed by atoms with E-state index in [-0.39, 0.29) is 17.7 Å². The van der Waals surface area contributed by atoms with Gasteiger partial charge in [0.15, 0.2) is 8.32 Å². The molecule has 0 aliphatic rings. The molecule has 0 rings (SSSR count). The minimum Gasteiger partial charge on any atom is -0.414 e. The summed E-state index contributed by atoms with van der Waals surface area (Å²) in [6.45, 7) is 13.7. The molecule has 1 N–H and O–H groups in total. The van der Waals surface area contributed by atoms with Crippen LogP contribution in [0.5, 0.6) is 0 Å². The Morgan fingerprint density at radius 1 is 1.29 bits per heavy atom. The molecule has 3 heteroatoms. The van der Waals surface area contributed by atoms with Crippen LogP contribution in [0.15, 0.2) is 0 Å². The summed E-state index contributed by atoms with van der Waals surface area (Å²) in [6, 6.07) is 0. The Labute approximate surface area is 89.8 Å². The van der Waals surface area contributed by atoms with Crippen LogP contribution in [0, 0.1) is 0 Å². The summed E-state index contributed by atoms with van der Waals surface area (Å²) in [5.74, 6) is 0. The summed E-state index contributed by atoms with van der Waals surface area (Å²) in [4.78, 5) is 0. The second-order valence-corrected chi connectivity index (χ2v) is 10.3. The van der Waals surface area contributed by atoms with Gasteiger partial charge in [0, 0.05) is 12.7 Å². The zero-order chi connectivity index (χ0) is 11.4. The quantitative estimate of drug-likeness (QED) is 0.718. The highest BCUT2D eigenvalue weighted by molar-refractivity contribution is 6.74. The summed E-state index contributed by atoms with van der Waals surface area (Å²) in [5, 5.41) is 9.01. The van der Waals surface area contributed by atoms with Crippen molar-refractivity contribution in [1.82, 2.24) is 0 Å². The van der Waals surface area contributed by atoms with Crippen molar-refractivity contribution in [2.45, 2.75) is 64.8 Å². The van der Waals surface area contributed by atoms with Crippen LogP contribution in [-0.2, 0) is 4.43 Å². The second-order valence-electron chi connectivity index (χ2n) is 5.55. The van der Waals surface area contributed by atoms with Crippen LogP contribution in [0.3, 0.4) is 0 Å². The van der Waals surface area contributed by atoms with Crippen LogP contribution in [0.2, 0.25) is 18.1 Å². The van der Waals surface area contributed by atoms with Crippen LogP contribution in [0.25, 0.3) is 0 Å². The zero-order valence-corrected chi connectivity index (χ0v) is 11.6. The van der Waals surface area contributed by atoms with E-state index in [9.17, 15) is 0 Å². The highest BCUT2D eigenvalue weighted by atomic mass is 28.4. The van der Waals surface area contributed by atoms with E-state index in [0.29, 0.717) is 0 Å². The molecule has 86 valence electrons. The summed E-state index contributed by atoms with van der Waals surface area (Å²) in [6.07, 6.45) is 2.08. The van der Waals surface area contributed by atoms with Crippen LogP contribution in [0.4, 0.5) is 0 Å². The first-order valence-corrected chi connectivity index (χ1v) is 8.40. The van der Waals surface area contributed by atoms with E-state index in [2.05, 4.69) is 40.8 Å². The Balaban J connectivity index is 4.08. The van der Waals surface area contributed by atoms with Gasteiger partial charge in [0.05, 0.1) is 0 Å². The predicted molar refractivity (Wildman–Crippen MR) is 64.1 cm³/mol. The first-order valence-electron chi connectivity index (χ1n) is 5.49. The fourth-order valence-electron chi connectivity index (χ4n) is 1.12. The summed E-state index contributed by atoms with van der Waals surface area (Å²) < 4.78 is 6.13. The summed E-state index contributed by atoms with van der Waals surface area (Å²) >= 11 is 0. The SMILES string of the molecule is C[C@H](CCCO)O[Si](C)(C)C(C)(C)C. The maximum Gasteiger partial charge on any atom is 0.192 e. The third-order valence-electron chi connectivity index (χ3n) is 3.07. The van der Waals surface area contributed by atoms with Gasteiger partial charge in [-0.05, 0) is 37.9 Å². The topological polar surface area (TPSA) is 29.5 Å². The molecule has 0 fully saturated rings. The Hall–Kier alpha value is 0.137. The maximum atomic E-state index is 8.73. The molecule has 2 nitrogen and oxygen atoms in total. The molecule has 0 saturated heterocycles. The predicted octanol–water partition coefficient (Wildman–Crippen LogP) is 3.17. The number of hydrogen-bond donors (Lipinski definition) is 1. The number of rotatable bonds is 5. The molecule has 0 radical (unpaired) electrons. The third kappa shape index (κ3) is 4.58. The van der Waals surface area contributed by atoms with E-state index in [1.54, 1.807) is 0 Å². The van der Waals surface area contributed by atoms with Gasteiger partial charge < -0.3 is 9.53 Å². The molecule has 14 heavy (non-hydrogen) atoms. The third-order valence-corrected chi connectivity index (χ3v) is 7.67. The molecular formula is C11H26O2Si. The van der Waals surface area contributed by atoms with Crippen molar-refractivity contribution in [1.29, 1.82) is 0 Å². The fourth-order valence-corrected chi connectivity index (χ4v) is 2.59. The van der Waals surface area contributed by atoms with Gasteiger partial charge in [-0.2, -0.15) is 0 Å². The van der Waals surface area contributed by atoms with Gasteiger partial charge in [-0.1, -0.05) is 20.8 Å². The normalized spacial score (nSPS) is 15.6. The molecule has 0 spiro atoms. The number of hydrogen-bond acceptors (Lipinski definition) is 2. The van der Waals surface area contributed by atoms with Gasteiger partial charge in [0.25, 0.3) is 0 Å². The molecule has 0 aromatic heterocycles. The zero-order valence-electron chi connectivity index (χ0n) is 10.6. The molecule has 0 aliphatic heterocycles. The van der Waals surface area contributed by atoms with Crippen molar-refractivity contribution in [3.05, 3.63) is 0 Å². The monoisotopic (exact) mass is 218 g/mol. The summed E-state index contributed by atoms with van der Waals surface area (Å²) in [7, 11) is -1.60. The summed E-state index contributed by atoms with van der Waals surface area (Å²) in [5.41, 5.74) is 0. The van der Waals surface area contributed by atoms with E-state index >= 15 is 0 Å². The van der Waals surface area contributed by atoms with Crippen molar-refractivity contribution in [3.63, 3.8) is 0 Å². The lowest BCUT2D eigenvalue weighted by Crippen LogP contribution is -2.43. The van der Waals surface area contributed by atoms with Crippen LogP contribution in [0.1, 0.15) is 40.5 Å². The van der Waals surface area contributed by atoms with Gasteiger partial charge >= 0.3 is 0 Å². The highest BCUT2D eigenvalue weighted by Crippen LogP contribution is 2.37. The molecule has 0 aromatic rings. The van der Waals surface area contributed by atoms with Gasteiger partial charge in [-0.3, -0.25) is 0 Å². The van der Waals surface area contributed by atoms with Gasteiger partial charge in [-0.15, -0.1) is 0 Å². The Morgan fingerprint density at radius 3 is 2.14 bits per heavy atom. The van der Waals surface area contributed by atoms with Crippen molar-refractivity contribution < 1.29 is 9.53 Å². The smallest absolute Gasteiger partial charge is 0.192 e. The van der Waals surface area contributed by atoms with E-state index in [1.165, 1.54) is 0 Å². The van der Waals surface area contributed by atoms with Crippen molar-refractivity contribution >= 4 is 8.32 Å². The lowest BCUT2D eigenvalue weighted by atomic mass is 10.2. The highest BCUT2D eigenvalue weighted by Gasteiger charge is 2.38. The molecule has 0 unspecified atom stereocenters. The van der Waals surface area contributed by atoms with Gasteiger partial charge in [0.2, 0.25) is 0 Å². The first kappa shape index (κ1) is 14.1. The maximum absolute atomic E-state index is 8.73. The van der Waals surface area contributed by atoms with Crippen LogP contribution in [-0.4, -0.2) is 26.1 Å². The minimum absolute atomic E-state index is 0.269. The van der Waals surface area contributed by atoms with Gasteiger partial charge in [-0.25, -0.2) is 0 Å². The van der Waals surface area contributed by atoms with Crippen LogP contribution >= 0.6 is 0 Å². The van der Waals surface area contributed by atoms with E-state index < -0.39 is 8.32 Å². The fraction of sp³-hybridized carbons (Fsp3) is 1.00. The molecule has 0 heterocycles. The van der Waals surface area contributed by atoms with Crippen molar-refractivity contribution in [2.24, 2.45) is 0 Å².